The lowest BCUT2D eigenvalue weighted by molar-refractivity contribution is -0.480. The van der Waals surface area contributed by atoms with Crippen molar-refractivity contribution in [1.82, 2.24) is 0 Å². The fraction of sp³-hybridized carbons (Fsp3) is 0.875. The van der Waals surface area contributed by atoms with Gasteiger partial charge in [-0.15, -0.1) is 0 Å². The van der Waals surface area contributed by atoms with E-state index < -0.39 is 0 Å². The highest BCUT2D eigenvalue weighted by atomic mass is 16.6. The van der Waals surface area contributed by atoms with Gasteiger partial charge in [-0.1, -0.05) is 0 Å². The van der Waals surface area contributed by atoms with Gasteiger partial charge in [0.05, 0.1) is 6.61 Å². The number of hydrogen-bond donors (Lipinski definition) is 0. The van der Waals surface area contributed by atoms with Crippen LogP contribution in [-0.4, -0.2) is 24.0 Å². The predicted molar refractivity (Wildman–Crippen MR) is 47.0 cm³/mol. The monoisotopic (exact) mass is 189 g/mol. The molecule has 0 heterocycles. The standard InChI is InChI=1S/C8H15NO4/c1-8(10)13-7-5-3-2-4-6-9(11)12/h2-7H2,1H3. The summed E-state index contributed by atoms with van der Waals surface area (Å²) in [6.07, 6.45) is 3.09. The van der Waals surface area contributed by atoms with Crippen LogP contribution in [0, 0.1) is 10.1 Å². The highest BCUT2D eigenvalue weighted by Crippen LogP contribution is 2.00. The third kappa shape index (κ3) is 10.9. The summed E-state index contributed by atoms with van der Waals surface area (Å²) in [6.45, 7) is 1.83. The molecule has 0 amide bonds. The van der Waals surface area contributed by atoms with E-state index in [1.165, 1.54) is 6.92 Å². The van der Waals surface area contributed by atoms with E-state index in [1.54, 1.807) is 0 Å². The van der Waals surface area contributed by atoms with Crippen LogP contribution in [0.1, 0.15) is 32.6 Å². The Labute approximate surface area is 77.2 Å². The average Bonchev–Trinajstić information content (AvgIpc) is 2.01. The third-order valence-corrected chi connectivity index (χ3v) is 1.54. The van der Waals surface area contributed by atoms with E-state index in [2.05, 4.69) is 0 Å². The van der Waals surface area contributed by atoms with Gasteiger partial charge >= 0.3 is 5.97 Å². The van der Waals surface area contributed by atoms with Crippen molar-refractivity contribution in [1.29, 1.82) is 0 Å². The van der Waals surface area contributed by atoms with Gasteiger partial charge in [0.25, 0.3) is 0 Å². The van der Waals surface area contributed by atoms with Crippen molar-refractivity contribution in [3.8, 4) is 0 Å². The maximum atomic E-state index is 10.3. The van der Waals surface area contributed by atoms with Gasteiger partial charge in [-0.05, 0) is 19.3 Å². The van der Waals surface area contributed by atoms with Crippen LogP contribution in [0.2, 0.25) is 0 Å². The Morgan fingerprint density at radius 1 is 1.31 bits per heavy atom. The molecule has 13 heavy (non-hydrogen) atoms. The molecular weight excluding hydrogens is 174 g/mol. The second kappa shape index (κ2) is 7.52. The zero-order chi connectivity index (χ0) is 10.1. The molecule has 0 atom stereocenters. The van der Waals surface area contributed by atoms with E-state index in [0.29, 0.717) is 13.0 Å². The highest BCUT2D eigenvalue weighted by molar-refractivity contribution is 5.65. The summed E-state index contributed by atoms with van der Waals surface area (Å²) < 4.78 is 4.70. The lowest BCUT2D eigenvalue weighted by atomic mass is 10.2. The zero-order valence-corrected chi connectivity index (χ0v) is 7.82. The summed E-state index contributed by atoms with van der Waals surface area (Å²) in [6, 6.07) is 0. The van der Waals surface area contributed by atoms with Crippen LogP contribution in [0.3, 0.4) is 0 Å². The van der Waals surface area contributed by atoms with Crippen molar-refractivity contribution in [2.75, 3.05) is 13.2 Å². The fourth-order valence-electron chi connectivity index (χ4n) is 0.912. The minimum absolute atomic E-state index is 0.0353. The van der Waals surface area contributed by atoms with Gasteiger partial charge in [0.2, 0.25) is 6.54 Å². The first-order valence-corrected chi connectivity index (χ1v) is 4.38. The van der Waals surface area contributed by atoms with E-state index >= 15 is 0 Å². The normalized spacial score (nSPS) is 9.62. The minimum atomic E-state index is -0.313. The van der Waals surface area contributed by atoms with E-state index in [4.69, 9.17) is 4.74 Å². The summed E-state index contributed by atoms with van der Waals surface area (Å²) in [7, 11) is 0. The molecule has 0 radical (unpaired) electrons. The maximum absolute atomic E-state index is 10.3. The van der Waals surface area contributed by atoms with Gasteiger partial charge in [0.1, 0.15) is 0 Å². The smallest absolute Gasteiger partial charge is 0.302 e. The minimum Gasteiger partial charge on any atom is -0.466 e. The molecule has 0 fully saturated rings. The van der Waals surface area contributed by atoms with Crippen LogP contribution in [0.25, 0.3) is 0 Å². The van der Waals surface area contributed by atoms with Crippen LogP contribution < -0.4 is 0 Å². The van der Waals surface area contributed by atoms with Crippen LogP contribution in [0.5, 0.6) is 0 Å². The van der Waals surface area contributed by atoms with Crippen molar-refractivity contribution < 1.29 is 14.5 Å². The van der Waals surface area contributed by atoms with Crippen LogP contribution in [0.15, 0.2) is 0 Å². The molecule has 0 N–H and O–H groups in total. The highest BCUT2D eigenvalue weighted by Gasteiger charge is 1.97. The molecule has 0 aromatic carbocycles. The summed E-state index contributed by atoms with van der Waals surface area (Å²) in [5.41, 5.74) is 0. The summed E-state index contributed by atoms with van der Waals surface area (Å²) in [5, 5.41) is 9.91. The Morgan fingerprint density at radius 2 is 1.92 bits per heavy atom. The first-order chi connectivity index (χ1) is 6.13. The number of nitrogens with zero attached hydrogens (tertiary/aromatic N) is 1. The molecule has 0 aliphatic heterocycles. The molecule has 0 unspecified atom stereocenters. The van der Waals surface area contributed by atoms with E-state index in [1.807, 2.05) is 0 Å². The molecule has 5 nitrogen and oxygen atoms in total. The molecule has 0 rings (SSSR count). The molecule has 76 valence electrons. The summed E-state index contributed by atoms with van der Waals surface area (Å²) in [4.78, 5) is 19.9. The van der Waals surface area contributed by atoms with Gasteiger partial charge in [0, 0.05) is 18.3 Å². The molecule has 0 aliphatic rings. The predicted octanol–water partition coefficient (Wildman–Crippen LogP) is 1.39. The van der Waals surface area contributed by atoms with Crippen LogP contribution in [0.4, 0.5) is 0 Å². The number of hydrogen-bond acceptors (Lipinski definition) is 4. The number of esters is 1. The molecule has 0 aliphatic carbocycles. The lowest BCUT2D eigenvalue weighted by Gasteiger charge is -2.00. The molecule has 0 aromatic rings. The van der Waals surface area contributed by atoms with Crippen LogP contribution in [-0.2, 0) is 9.53 Å². The molecule has 0 saturated heterocycles. The lowest BCUT2D eigenvalue weighted by Crippen LogP contribution is -2.02. The zero-order valence-electron chi connectivity index (χ0n) is 7.82. The molecule has 0 bridgehead atoms. The topological polar surface area (TPSA) is 69.4 Å². The SMILES string of the molecule is CC(=O)OCCCCCC[N+](=O)[O-]. The Hall–Kier alpha value is -1.13. The summed E-state index contributed by atoms with van der Waals surface area (Å²) >= 11 is 0. The first-order valence-electron chi connectivity index (χ1n) is 4.38. The second-order valence-electron chi connectivity index (χ2n) is 2.81. The third-order valence-electron chi connectivity index (χ3n) is 1.54. The van der Waals surface area contributed by atoms with Crippen molar-refractivity contribution in [2.24, 2.45) is 0 Å². The second-order valence-corrected chi connectivity index (χ2v) is 2.81. The van der Waals surface area contributed by atoms with Crippen molar-refractivity contribution in [3.05, 3.63) is 10.1 Å². The quantitative estimate of drug-likeness (QED) is 0.262. The Kier molecular flexibility index (Phi) is 6.86. The van der Waals surface area contributed by atoms with Gasteiger partial charge in [-0.3, -0.25) is 14.9 Å². The molecule has 0 saturated carbocycles. The fourth-order valence-corrected chi connectivity index (χ4v) is 0.912. The van der Waals surface area contributed by atoms with Gasteiger partial charge < -0.3 is 4.74 Å². The number of ether oxygens (including phenoxy) is 1. The van der Waals surface area contributed by atoms with Crippen molar-refractivity contribution in [3.63, 3.8) is 0 Å². The van der Waals surface area contributed by atoms with Gasteiger partial charge in [-0.25, -0.2) is 0 Å². The Bertz CT molecular complexity index is 152. The Morgan fingerprint density at radius 3 is 2.46 bits per heavy atom. The van der Waals surface area contributed by atoms with Crippen molar-refractivity contribution in [2.45, 2.75) is 32.6 Å². The van der Waals surface area contributed by atoms with Gasteiger partial charge in [0.15, 0.2) is 0 Å². The van der Waals surface area contributed by atoms with E-state index in [9.17, 15) is 14.9 Å². The number of carbonyl (C=O) groups is 1. The number of unbranched alkanes of at least 4 members (excludes halogenated alkanes) is 3. The molecular formula is C8H15NO4. The number of carbonyl (C=O) groups excluding carboxylic acids is 1. The number of nitro groups is 1. The largest absolute Gasteiger partial charge is 0.466 e. The van der Waals surface area contributed by atoms with E-state index in [0.717, 1.165) is 19.3 Å². The molecule has 0 aromatic heterocycles. The van der Waals surface area contributed by atoms with E-state index in [-0.39, 0.29) is 17.4 Å². The average molecular weight is 189 g/mol. The van der Waals surface area contributed by atoms with Crippen LogP contribution >= 0.6 is 0 Å². The summed E-state index contributed by atoms with van der Waals surface area (Å²) in [5.74, 6) is -0.273. The first kappa shape index (κ1) is 11.9. The molecule has 0 spiro atoms. The van der Waals surface area contributed by atoms with Crippen molar-refractivity contribution >= 4 is 5.97 Å². The van der Waals surface area contributed by atoms with Gasteiger partial charge in [-0.2, -0.15) is 0 Å². The molecule has 5 heteroatoms. The number of rotatable bonds is 7. The maximum Gasteiger partial charge on any atom is 0.302 e. The Balaban J connectivity index is 3.00.